The summed E-state index contributed by atoms with van der Waals surface area (Å²) in [4.78, 5) is 31.6. The number of anilines is 1. The van der Waals surface area contributed by atoms with Crippen molar-refractivity contribution in [3.63, 3.8) is 0 Å². The van der Waals surface area contributed by atoms with Gasteiger partial charge in [0.25, 0.3) is 0 Å². The van der Waals surface area contributed by atoms with Gasteiger partial charge in [0.05, 0.1) is 11.4 Å². The van der Waals surface area contributed by atoms with Crippen molar-refractivity contribution in [2.75, 3.05) is 11.9 Å². The van der Waals surface area contributed by atoms with Crippen LogP contribution in [0.25, 0.3) is 0 Å². The van der Waals surface area contributed by atoms with Gasteiger partial charge in [0, 0.05) is 13.0 Å². The van der Waals surface area contributed by atoms with Crippen LogP contribution in [0.4, 0.5) is 15.8 Å². The van der Waals surface area contributed by atoms with Gasteiger partial charge in [-0.05, 0) is 55.7 Å². The third kappa shape index (κ3) is 5.23. The van der Waals surface area contributed by atoms with Crippen LogP contribution < -0.4 is 5.32 Å². The van der Waals surface area contributed by atoms with Crippen molar-refractivity contribution in [3.8, 4) is 0 Å². The lowest BCUT2D eigenvalue weighted by atomic mass is 10.1. The predicted molar refractivity (Wildman–Crippen MR) is 116 cm³/mol. The molecule has 1 saturated heterocycles. The van der Waals surface area contributed by atoms with Crippen LogP contribution in [0.5, 0.6) is 0 Å². The maximum atomic E-state index is 13.8. The highest BCUT2D eigenvalue weighted by Crippen LogP contribution is 2.32. The molecule has 1 aliphatic heterocycles. The molecule has 2 aromatic carbocycles. The van der Waals surface area contributed by atoms with Crippen LogP contribution in [0.1, 0.15) is 30.9 Å². The van der Waals surface area contributed by atoms with Crippen LogP contribution in [0.15, 0.2) is 47.5 Å². The molecule has 1 atom stereocenters. The van der Waals surface area contributed by atoms with Crippen molar-refractivity contribution >= 4 is 40.1 Å². The number of halogens is 1. The topological polar surface area (TPSA) is 61.8 Å². The summed E-state index contributed by atoms with van der Waals surface area (Å²) in [6, 6.07) is 12.0. The normalized spacial score (nSPS) is 17.8. The average Bonchev–Trinajstić information content (AvgIpc) is 2.92. The number of amidine groups is 1. The summed E-state index contributed by atoms with van der Waals surface area (Å²) >= 11 is 1.29. The molecule has 0 aromatic heterocycles. The number of hydrogen-bond acceptors (Lipinski definition) is 4. The summed E-state index contributed by atoms with van der Waals surface area (Å²) in [5.41, 5.74) is 3.10. The van der Waals surface area contributed by atoms with E-state index < -0.39 is 17.0 Å². The number of carbonyl (C=O) groups excluding carboxylic acids is 2. The maximum absolute atomic E-state index is 13.8. The summed E-state index contributed by atoms with van der Waals surface area (Å²) in [6.45, 7) is 6.54. The summed E-state index contributed by atoms with van der Waals surface area (Å²) < 4.78 is 13.8. The van der Waals surface area contributed by atoms with E-state index in [1.165, 1.54) is 23.9 Å². The van der Waals surface area contributed by atoms with Crippen molar-refractivity contribution in [1.82, 2.24) is 4.90 Å². The SMILES string of the molecule is CCCN1C(=O)[C@@H](CC(=O)Nc2ccccc2F)SC1=Nc1cc(C)cc(C)c1. The van der Waals surface area contributed by atoms with E-state index in [4.69, 9.17) is 0 Å². The number of benzene rings is 2. The molecule has 0 bridgehead atoms. The van der Waals surface area contributed by atoms with E-state index >= 15 is 0 Å². The average molecular weight is 414 g/mol. The van der Waals surface area contributed by atoms with Gasteiger partial charge < -0.3 is 5.32 Å². The molecule has 29 heavy (non-hydrogen) atoms. The molecule has 7 heteroatoms. The van der Waals surface area contributed by atoms with Gasteiger partial charge >= 0.3 is 0 Å². The Morgan fingerprint density at radius 3 is 2.55 bits per heavy atom. The first-order valence-electron chi connectivity index (χ1n) is 9.56. The van der Waals surface area contributed by atoms with Crippen LogP contribution in [0, 0.1) is 19.7 Å². The molecule has 152 valence electrons. The number of amides is 2. The lowest BCUT2D eigenvalue weighted by Crippen LogP contribution is -2.34. The zero-order chi connectivity index (χ0) is 21.0. The minimum Gasteiger partial charge on any atom is -0.324 e. The Morgan fingerprint density at radius 2 is 1.90 bits per heavy atom. The number of para-hydroxylation sites is 1. The molecule has 1 heterocycles. The van der Waals surface area contributed by atoms with E-state index in [-0.39, 0.29) is 18.0 Å². The van der Waals surface area contributed by atoms with E-state index in [1.54, 1.807) is 17.0 Å². The standard InChI is InChI=1S/C22H24FN3O2S/c1-4-9-26-21(28)19(13-20(27)25-18-8-6-5-7-17(18)23)29-22(26)24-16-11-14(2)10-15(3)12-16/h5-8,10-12,19H,4,9,13H2,1-3H3,(H,25,27)/t19-/m1/s1. The van der Waals surface area contributed by atoms with Crippen LogP contribution in [0.3, 0.4) is 0 Å². The second-order valence-corrected chi connectivity index (χ2v) is 8.24. The highest BCUT2D eigenvalue weighted by molar-refractivity contribution is 8.15. The lowest BCUT2D eigenvalue weighted by Gasteiger charge is -2.15. The van der Waals surface area contributed by atoms with Gasteiger partial charge in [-0.1, -0.05) is 36.9 Å². The first-order chi connectivity index (χ1) is 13.9. The van der Waals surface area contributed by atoms with Gasteiger partial charge in [-0.25, -0.2) is 9.38 Å². The van der Waals surface area contributed by atoms with Crippen LogP contribution >= 0.6 is 11.8 Å². The number of thioether (sulfide) groups is 1. The second-order valence-electron chi connectivity index (χ2n) is 7.07. The number of rotatable bonds is 6. The molecule has 0 spiro atoms. The monoisotopic (exact) mass is 413 g/mol. The Bertz CT molecular complexity index is 941. The summed E-state index contributed by atoms with van der Waals surface area (Å²) in [5, 5.41) is 2.58. The Morgan fingerprint density at radius 1 is 1.21 bits per heavy atom. The Hall–Kier alpha value is -2.67. The van der Waals surface area contributed by atoms with Crippen LogP contribution in [0.2, 0.25) is 0 Å². The molecule has 1 fully saturated rings. The predicted octanol–water partition coefficient (Wildman–Crippen LogP) is 4.81. The van der Waals surface area contributed by atoms with Crippen LogP contribution in [-0.4, -0.2) is 33.7 Å². The summed E-state index contributed by atoms with van der Waals surface area (Å²) in [7, 11) is 0. The van der Waals surface area contributed by atoms with Crippen LogP contribution in [-0.2, 0) is 9.59 Å². The molecular formula is C22H24FN3O2S. The number of aliphatic imine (C=N–C) groups is 1. The fourth-order valence-electron chi connectivity index (χ4n) is 3.21. The molecule has 0 saturated carbocycles. The third-order valence-electron chi connectivity index (χ3n) is 4.42. The summed E-state index contributed by atoms with van der Waals surface area (Å²) in [5.74, 6) is -1.04. The van der Waals surface area contributed by atoms with Gasteiger partial charge in [0.1, 0.15) is 11.1 Å². The maximum Gasteiger partial charge on any atom is 0.242 e. The zero-order valence-corrected chi connectivity index (χ0v) is 17.6. The Kier molecular flexibility index (Phi) is 6.69. The number of hydrogen-bond donors (Lipinski definition) is 1. The quantitative estimate of drug-likeness (QED) is 0.739. The van der Waals surface area contributed by atoms with Gasteiger partial charge in [-0.2, -0.15) is 0 Å². The minimum atomic E-state index is -0.571. The van der Waals surface area contributed by atoms with E-state index in [0.717, 1.165) is 23.2 Å². The first kappa shape index (κ1) is 21.0. The van der Waals surface area contributed by atoms with E-state index in [2.05, 4.69) is 16.4 Å². The van der Waals surface area contributed by atoms with E-state index in [0.29, 0.717) is 11.7 Å². The molecule has 2 amide bonds. The Balaban J connectivity index is 1.77. The van der Waals surface area contributed by atoms with Crippen molar-refractivity contribution in [1.29, 1.82) is 0 Å². The molecule has 1 aliphatic rings. The van der Waals surface area contributed by atoms with E-state index in [9.17, 15) is 14.0 Å². The number of nitrogens with zero attached hydrogens (tertiary/aromatic N) is 2. The third-order valence-corrected chi connectivity index (χ3v) is 5.59. The number of nitrogens with one attached hydrogen (secondary N) is 1. The Labute approximate surface area is 174 Å². The molecule has 3 rings (SSSR count). The second kappa shape index (κ2) is 9.22. The zero-order valence-electron chi connectivity index (χ0n) is 16.7. The van der Waals surface area contributed by atoms with Gasteiger partial charge in [-0.15, -0.1) is 0 Å². The molecule has 0 radical (unpaired) electrons. The van der Waals surface area contributed by atoms with Gasteiger partial charge in [0.2, 0.25) is 11.8 Å². The van der Waals surface area contributed by atoms with E-state index in [1.807, 2.05) is 32.9 Å². The van der Waals surface area contributed by atoms with Gasteiger partial charge in [-0.3, -0.25) is 14.5 Å². The molecule has 1 N–H and O–H groups in total. The molecular weight excluding hydrogens is 389 g/mol. The largest absolute Gasteiger partial charge is 0.324 e. The fraction of sp³-hybridized carbons (Fsp3) is 0.318. The van der Waals surface area contributed by atoms with Crippen molar-refractivity contribution in [2.24, 2.45) is 4.99 Å². The van der Waals surface area contributed by atoms with Crippen molar-refractivity contribution in [2.45, 2.75) is 38.9 Å². The number of carbonyl (C=O) groups is 2. The summed E-state index contributed by atoms with van der Waals surface area (Å²) in [6.07, 6.45) is 0.746. The fourth-order valence-corrected chi connectivity index (χ4v) is 4.40. The first-order valence-corrected chi connectivity index (χ1v) is 10.4. The van der Waals surface area contributed by atoms with Crippen molar-refractivity contribution in [3.05, 3.63) is 59.4 Å². The molecule has 5 nitrogen and oxygen atoms in total. The van der Waals surface area contributed by atoms with Gasteiger partial charge in [0.15, 0.2) is 5.17 Å². The van der Waals surface area contributed by atoms with Crippen molar-refractivity contribution < 1.29 is 14.0 Å². The lowest BCUT2D eigenvalue weighted by molar-refractivity contribution is -0.128. The molecule has 0 unspecified atom stereocenters. The minimum absolute atomic E-state index is 0.0378. The highest BCUT2D eigenvalue weighted by Gasteiger charge is 2.38. The number of aryl methyl sites for hydroxylation is 2. The highest BCUT2D eigenvalue weighted by atomic mass is 32.2. The molecule has 0 aliphatic carbocycles. The molecule has 2 aromatic rings. The smallest absolute Gasteiger partial charge is 0.242 e.